The van der Waals surface area contributed by atoms with E-state index in [2.05, 4.69) is 0 Å². The summed E-state index contributed by atoms with van der Waals surface area (Å²) in [6, 6.07) is 9.39. The fourth-order valence-corrected chi connectivity index (χ4v) is 1.86. The Kier molecular flexibility index (Phi) is 2.54. The maximum absolute atomic E-state index is 11.3. The third-order valence-electron chi connectivity index (χ3n) is 2.66. The summed E-state index contributed by atoms with van der Waals surface area (Å²) >= 11 is 0. The van der Waals surface area contributed by atoms with Crippen molar-refractivity contribution in [3.8, 4) is 0 Å². The van der Waals surface area contributed by atoms with Crippen LogP contribution in [0.25, 0.3) is 0 Å². The Hall–Kier alpha value is -1.64. The lowest BCUT2D eigenvalue weighted by Crippen LogP contribution is -2.15. The van der Waals surface area contributed by atoms with Gasteiger partial charge in [-0.2, -0.15) is 0 Å². The first-order chi connectivity index (χ1) is 7.18. The minimum absolute atomic E-state index is 0.00898. The van der Waals surface area contributed by atoms with Gasteiger partial charge in [0, 0.05) is 0 Å². The van der Waals surface area contributed by atoms with Gasteiger partial charge in [0.2, 0.25) is 0 Å². The number of carbonyl (C=O) groups is 2. The second-order valence-corrected chi connectivity index (χ2v) is 3.74. The van der Waals surface area contributed by atoms with Crippen molar-refractivity contribution in [1.82, 2.24) is 0 Å². The molecule has 1 aromatic carbocycles. The van der Waals surface area contributed by atoms with Crippen LogP contribution in [0.4, 0.5) is 0 Å². The summed E-state index contributed by atoms with van der Waals surface area (Å²) in [6.07, 6.45) is -0.189. The Morgan fingerprint density at radius 1 is 1.33 bits per heavy atom. The number of hydrogen-bond acceptors (Lipinski definition) is 3. The van der Waals surface area contributed by atoms with Gasteiger partial charge in [-0.25, -0.2) is 0 Å². The summed E-state index contributed by atoms with van der Waals surface area (Å²) in [5.41, 5.74) is 0.892. The van der Waals surface area contributed by atoms with E-state index in [0.29, 0.717) is 0 Å². The average molecular weight is 204 g/mol. The third-order valence-corrected chi connectivity index (χ3v) is 2.66. The third kappa shape index (κ3) is 1.91. The minimum atomic E-state index is -0.392. The van der Waals surface area contributed by atoms with Crippen LogP contribution in [0.3, 0.4) is 0 Å². The van der Waals surface area contributed by atoms with Crippen molar-refractivity contribution in [2.45, 2.75) is 19.4 Å². The molecule has 2 rings (SSSR count). The quantitative estimate of drug-likeness (QED) is 0.691. The number of ether oxygens (including phenoxy) is 1. The van der Waals surface area contributed by atoms with Crippen molar-refractivity contribution in [2.75, 3.05) is 0 Å². The molecule has 2 unspecified atom stereocenters. The lowest BCUT2D eigenvalue weighted by atomic mass is 9.92. The number of cyclic esters (lactones) is 1. The molecule has 78 valence electrons. The number of esters is 1. The highest BCUT2D eigenvalue weighted by Gasteiger charge is 2.38. The summed E-state index contributed by atoms with van der Waals surface area (Å²) in [4.78, 5) is 22.5. The van der Waals surface area contributed by atoms with Gasteiger partial charge in [0.15, 0.2) is 0 Å². The molecular formula is C12H12O3. The Morgan fingerprint density at radius 3 is 2.60 bits per heavy atom. The molecule has 1 heterocycles. The highest BCUT2D eigenvalue weighted by Crippen LogP contribution is 2.35. The van der Waals surface area contributed by atoms with Crippen LogP contribution in [-0.2, 0) is 14.3 Å². The molecule has 1 aliphatic rings. The molecule has 3 heteroatoms. The molecule has 1 fully saturated rings. The summed E-state index contributed by atoms with van der Waals surface area (Å²) in [5, 5.41) is 0. The van der Waals surface area contributed by atoms with Crippen molar-refractivity contribution < 1.29 is 14.3 Å². The molecule has 0 radical (unpaired) electrons. The van der Waals surface area contributed by atoms with E-state index in [1.807, 2.05) is 30.3 Å². The van der Waals surface area contributed by atoms with Gasteiger partial charge in [-0.05, 0) is 12.5 Å². The second kappa shape index (κ2) is 3.85. The number of Topliss-reactive ketones (excluding diaryl/α,β-unsaturated/α-hetero) is 1. The Morgan fingerprint density at radius 2 is 2.00 bits per heavy atom. The molecule has 3 nitrogen and oxygen atoms in total. The van der Waals surface area contributed by atoms with Crippen molar-refractivity contribution in [3.63, 3.8) is 0 Å². The van der Waals surface area contributed by atoms with Crippen LogP contribution in [0.1, 0.15) is 25.0 Å². The van der Waals surface area contributed by atoms with Gasteiger partial charge < -0.3 is 4.74 Å². The van der Waals surface area contributed by atoms with Gasteiger partial charge >= 0.3 is 5.97 Å². The van der Waals surface area contributed by atoms with Crippen LogP contribution in [0.5, 0.6) is 0 Å². The fraction of sp³-hybridized carbons (Fsp3) is 0.333. The van der Waals surface area contributed by atoms with Crippen LogP contribution >= 0.6 is 0 Å². The zero-order chi connectivity index (χ0) is 10.8. The standard InChI is InChI=1S/C12H12O3/c1-8(13)10-7-11(14)15-12(10)9-5-3-2-4-6-9/h2-6,10,12H,7H2,1H3. The van der Waals surface area contributed by atoms with Crippen LogP contribution in [0.2, 0.25) is 0 Å². The van der Waals surface area contributed by atoms with Crippen molar-refractivity contribution in [1.29, 1.82) is 0 Å². The van der Waals surface area contributed by atoms with Crippen LogP contribution in [-0.4, -0.2) is 11.8 Å². The maximum atomic E-state index is 11.3. The summed E-state index contributed by atoms with van der Waals surface area (Å²) in [5.74, 6) is -0.598. The molecule has 0 aliphatic carbocycles. The van der Waals surface area contributed by atoms with Gasteiger partial charge in [-0.3, -0.25) is 9.59 Å². The number of ketones is 1. The monoisotopic (exact) mass is 204 g/mol. The molecule has 1 saturated heterocycles. The van der Waals surface area contributed by atoms with Gasteiger partial charge in [-0.1, -0.05) is 30.3 Å². The molecular weight excluding hydrogens is 192 g/mol. The highest BCUT2D eigenvalue weighted by atomic mass is 16.6. The van der Waals surface area contributed by atoms with Gasteiger partial charge in [0.25, 0.3) is 0 Å². The molecule has 2 atom stereocenters. The predicted octanol–water partition coefficient (Wildman–Crippen LogP) is 1.88. The lowest BCUT2D eigenvalue weighted by molar-refractivity contribution is -0.141. The molecule has 0 spiro atoms. The molecule has 0 aromatic heterocycles. The SMILES string of the molecule is CC(=O)C1CC(=O)OC1c1ccccc1. The smallest absolute Gasteiger partial charge is 0.307 e. The van der Waals surface area contributed by atoms with Crippen molar-refractivity contribution >= 4 is 11.8 Å². The van der Waals surface area contributed by atoms with E-state index in [-0.39, 0.29) is 24.1 Å². The van der Waals surface area contributed by atoms with E-state index in [0.717, 1.165) is 5.56 Å². The first-order valence-corrected chi connectivity index (χ1v) is 4.93. The first-order valence-electron chi connectivity index (χ1n) is 4.93. The maximum Gasteiger partial charge on any atom is 0.307 e. The molecule has 1 aromatic rings. The zero-order valence-electron chi connectivity index (χ0n) is 8.47. The predicted molar refractivity (Wildman–Crippen MR) is 54.1 cm³/mol. The van der Waals surface area contributed by atoms with Crippen molar-refractivity contribution in [2.24, 2.45) is 5.92 Å². The molecule has 0 saturated carbocycles. The number of benzene rings is 1. The highest BCUT2D eigenvalue weighted by molar-refractivity contribution is 5.86. The number of hydrogen-bond donors (Lipinski definition) is 0. The second-order valence-electron chi connectivity index (χ2n) is 3.74. The normalized spacial score (nSPS) is 25.0. The zero-order valence-corrected chi connectivity index (χ0v) is 8.47. The average Bonchev–Trinajstić information content (AvgIpc) is 2.62. The Bertz CT molecular complexity index is 383. The molecule has 1 aliphatic heterocycles. The van der Waals surface area contributed by atoms with Crippen molar-refractivity contribution in [3.05, 3.63) is 35.9 Å². The Labute approximate surface area is 88.1 Å². The number of carbonyl (C=O) groups excluding carboxylic acids is 2. The van der Waals surface area contributed by atoms with E-state index >= 15 is 0 Å². The fourth-order valence-electron chi connectivity index (χ4n) is 1.86. The van der Waals surface area contributed by atoms with Crippen LogP contribution in [0, 0.1) is 5.92 Å². The van der Waals surface area contributed by atoms with E-state index in [4.69, 9.17) is 4.74 Å². The largest absolute Gasteiger partial charge is 0.457 e. The first kappa shape index (κ1) is 9.90. The van der Waals surface area contributed by atoms with Gasteiger partial charge in [0.05, 0.1) is 12.3 Å². The minimum Gasteiger partial charge on any atom is -0.457 e. The topological polar surface area (TPSA) is 43.4 Å². The van der Waals surface area contributed by atoms with Crippen LogP contribution in [0.15, 0.2) is 30.3 Å². The lowest BCUT2D eigenvalue weighted by Gasteiger charge is -2.14. The van der Waals surface area contributed by atoms with E-state index < -0.39 is 6.10 Å². The summed E-state index contributed by atoms with van der Waals surface area (Å²) in [7, 11) is 0. The molecule has 15 heavy (non-hydrogen) atoms. The summed E-state index contributed by atoms with van der Waals surface area (Å²) < 4.78 is 5.16. The van der Waals surface area contributed by atoms with E-state index in [9.17, 15) is 9.59 Å². The van der Waals surface area contributed by atoms with E-state index in [1.54, 1.807) is 0 Å². The van der Waals surface area contributed by atoms with Gasteiger partial charge in [0.1, 0.15) is 11.9 Å². The number of rotatable bonds is 2. The molecule has 0 N–H and O–H groups in total. The Balaban J connectivity index is 2.28. The van der Waals surface area contributed by atoms with E-state index in [1.165, 1.54) is 6.92 Å². The molecule has 0 amide bonds. The van der Waals surface area contributed by atoms with Gasteiger partial charge in [-0.15, -0.1) is 0 Å². The molecule has 0 bridgehead atoms. The summed E-state index contributed by atoms with van der Waals surface area (Å²) in [6.45, 7) is 1.50. The van der Waals surface area contributed by atoms with Crippen LogP contribution < -0.4 is 0 Å².